The second-order valence-electron chi connectivity index (χ2n) is 16.7. The van der Waals surface area contributed by atoms with Crippen molar-refractivity contribution in [3.63, 3.8) is 0 Å². The number of likely N-dealkylation sites (N-methyl/N-ethyl adjacent to an activating group) is 1. The summed E-state index contributed by atoms with van der Waals surface area (Å²) in [6.45, 7) is 4.57. The number of quaternary nitrogens is 1. The maximum Gasteiger partial charge on any atom is 0.306 e. The van der Waals surface area contributed by atoms with Crippen molar-refractivity contribution < 1.29 is 38.2 Å². The van der Waals surface area contributed by atoms with E-state index in [1.54, 1.807) is 21.1 Å². The Hall–Kier alpha value is -2.71. The molecule has 0 heterocycles. The first kappa shape index (κ1) is 54.3. The van der Waals surface area contributed by atoms with Gasteiger partial charge in [0.2, 0.25) is 0 Å². The molecule has 0 fully saturated rings. The highest BCUT2D eigenvalue weighted by Gasteiger charge is 2.25. The van der Waals surface area contributed by atoms with Crippen molar-refractivity contribution in [3.05, 3.63) is 48.6 Å². The molecule has 0 spiro atoms. The van der Waals surface area contributed by atoms with Gasteiger partial charge < -0.3 is 28.6 Å². The summed E-state index contributed by atoms with van der Waals surface area (Å²) in [5.41, 5.74) is 0. The highest BCUT2D eigenvalue weighted by molar-refractivity contribution is 5.70. The molecule has 0 saturated heterocycles. The second kappa shape index (κ2) is 40.1. The number of hydrogen-bond acceptors (Lipinski definition) is 7. The van der Waals surface area contributed by atoms with Crippen molar-refractivity contribution in [1.29, 1.82) is 0 Å². The first-order valence-corrected chi connectivity index (χ1v) is 23.2. The summed E-state index contributed by atoms with van der Waals surface area (Å²) < 4.78 is 17.1. The van der Waals surface area contributed by atoms with Gasteiger partial charge in [-0.2, -0.15) is 0 Å². The zero-order valence-corrected chi connectivity index (χ0v) is 37.5. The number of carbonyl (C=O) groups is 3. The van der Waals surface area contributed by atoms with E-state index in [4.69, 9.17) is 14.2 Å². The van der Waals surface area contributed by atoms with E-state index < -0.39 is 18.1 Å². The van der Waals surface area contributed by atoms with Gasteiger partial charge in [0.1, 0.15) is 12.6 Å². The van der Waals surface area contributed by atoms with E-state index >= 15 is 0 Å². The normalized spacial score (nSPS) is 13.4. The third-order valence-electron chi connectivity index (χ3n) is 10.2. The third-order valence-corrected chi connectivity index (χ3v) is 10.2. The van der Waals surface area contributed by atoms with Gasteiger partial charge in [-0.15, -0.1) is 0 Å². The molecule has 0 aliphatic rings. The number of rotatable bonds is 41. The Morgan fingerprint density at radius 2 is 1.02 bits per heavy atom. The molecule has 0 amide bonds. The number of ether oxygens (including phenoxy) is 3. The van der Waals surface area contributed by atoms with E-state index in [0.717, 1.165) is 32.1 Å². The van der Waals surface area contributed by atoms with Crippen LogP contribution in [-0.2, 0) is 28.6 Å². The minimum atomic E-state index is -1.13. The lowest BCUT2D eigenvalue weighted by molar-refractivity contribution is -0.889. The summed E-state index contributed by atoms with van der Waals surface area (Å²) in [4.78, 5) is 36.8. The molecule has 57 heavy (non-hydrogen) atoms. The Morgan fingerprint density at radius 1 is 0.544 bits per heavy atom. The number of carbonyl (C=O) groups excluding carboxylic acids is 3. The first-order valence-electron chi connectivity index (χ1n) is 23.2. The van der Waals surface area contributed by atoms with Gasteiger partial charge in [0.25, 0.3) is 0 Å². The van der Waals surface area contributed by atoms with Gasteiger partial charge in [0.15, 0.2) is 6.10 Å². The lowest BCUT2D eigenvalue weighted by Gasteiger charge is -2.34. The van der Waals surface area contributed by atoms with Crippen LogP contribution in [0.3, 0.4) is 0 Å². The van der Waals surface area contributed by atoms with Gasteiger partial charge in [-0.3, -0.25) is 9.59 Å². The van der Waals surface area contributed by atoms with Crippen LogP contribution in [0.2, 0.25) is 0 Å². The second-order valence-corrected chi connectivity index (χ2v) is 16.7. The number of carboxylic acid groups (broad SMARTS) is 1. The molecular weight excluding hydrogens is 715 g/mol. The fourth-order valence-corrected chi connectivity index (χ4v) is 6.58. The SMILES string of the molecule is CCCCCC/C=C/C=C/CCCCCCCCCCCCC(=O)OC(COCCC(C(=O)[O-])[N+](C)(C)C)COC(=O)CC/C=C/C/C=C/CCCCCCCC. The van der Waals surface area contributed by atoms with E-state index in [0.29, 0.717) is 12.8 Å². The van der Waals surface area contributed by atoms with Crippen LogP contribution >= 0.6 is 0 Å². The molecule has 0 saturated carbocycles. The molecule has 0 aromatic heterocycles. The summed E-state index contributed by atoms with van der Waals surface area (Å²) in [5.74, 6) is -1.82. The first-order chi connectivity index (χ1) is 27.6. The van der Waals surface area contributed by atoms with Gasteiger partial charge in [0, 0.05) is 19.3 Å². The number of carboxylic acids is 1. The van der Waals surface area contributed by atoms with Crippen LogP contribution in [0, 0.1) is 0 Å². The van der Waals surface area contributed by atoms with Crippen molar-refractivity contribution in [2.24, 2.45) is 0 Å². The van der Waals surface area contributed by atoms with E-state index in [2.05, 4.69) is 56.4 Å². The third kappa shape index (κ3) is 38.6. The molecule has 0 aliphatic heterocycles. The maximum atomic E-state index is 12.7. The molecular formula is C49H87NO7. The summed E-state index contributed by atoms with van der Waals surface area (Å²) in [7, 11) is 5.39. The molecule has 2 unspecified atom stereocenters. The summed E-state index contributed by atoms with van der Waals surface area (Å²) in [6.07, 6.45) is 47.2. The zero-order chi connectivity index (χ0) is 42.1. The number of allylic oxidation sites excluding steroid dienone is 8. The molecule has 0 radical (unpaired) electrons. The van der Waals surface area contributed by atoms with Crippen LogP contribution in [0.1, 0.15) is 194 Å². The van der Waals surface area contributed by atoms with Crippen LogP contribution in [0.5, 0.6) is 0 Å². The summed E-state index contributed by atoms with van der Waals surface area (Å²) in [6, 6.07) is -0.734. The molecule has 8 heteroatoms. The van der Waals surface area contributed by atoms with E-state index in [1.165, 1.54) is 122 Å². The Morgan fingerprint density at radius 3 is 1.54 bits per heavy atom. The molecule has 0 bridgehead atoms. The topological polar surface area (TPSA) is 102 Å². The minimum Gasteiger partial charge on any atom is -0.544 e. The lowest BCUT2D eigenvalue weighted by atomic mass is 10.1. The quantitative estimate of drug-likeness (QED) is 0.0199. The number of hydrogen-bond donors (Lipinski definition) is 0. The maximum absolute atomic E-state index is 12.7. The highest BCUT2D eigenvalue weighted by Crippen LogP contribution is 2.14. The molecule has 0 aromatic carbocycles. The van der Waals surface area contributed by atoms with Crippen molar-refractivity contribution in [2.45, 2.75) is 206 Å². The fourth-order valence-electron chi connectivity index (χ4n) is 6.58. The van der Waals surface area contributed by atoms with Crippen molar-refractivity contribution >= 4 is 17.9 Å². The van der Waals surface area contributed by atoms with Crippen LogP contribution in [0.25, 0.3) is 0 Å². The number of unbranched alkanes of at least 4 members (excludes halogenated alkanes) is 20. The molecule has 330 valence electrons. The van der Waals surface area contributed by atoms with E-state index in [9.17, 15) is 19.5 Å². The number of nitrogens with zero attached hydrogens (tertiary/aromatic N) is 1. The summed E-state index contributed by atoms with van der Waals surface area (Å²) in [5, 5.41) is 11.6. The van der Waals surface area contributed by atoms with Crippen LogP contribution in [0.15, 0.2) is 48.6 Å². The van der Waals surface area contributed by atoms with E-state index in [-0.39, 0.29) is 49.1 Å². The molecule has 0 aromatic rings. The highest BCUT2D eigenvalue weighted by atomic mass is 16.6. The van der Waals surface area contributed by atoms with Gasteiger partial charge in [-0.25, -0.2) is 0 Å². The van der Waals surface area contributed by atoms with Crippen molar-refractivity contribution in [2.75, 3.05) is 41.0 Å². The average Bonchev–Trinajstić information content (AvgIpc) is 3.17. The molecule has 0 rings (SSSR count). The fraction of sp³-hybridized carbons (Fsp3) is 0.776. The molecule has 0 aliphatic carbocycles. The van der Waals surface area contributed by atoms with Gasteiger partial charge in [-0.05, 0) is 57.8 Å². The van der Waals surface area contributed by atoms with Gasteiger partial charge in [-0.1, -0.05) is 165 Å². The van der Waals surface area contributed by atoms with Crippen molar-refractivity contribution in [3.8, 4) is 0 Å². The van der Waals surface area contributed by atoms with Crippen LogP contribution < -0.4 is 5.11 Å². The number of esters is 2. The molecule has 8 nitrogen and oxygen atoms in total. The predicted octanol–water partition coefficient (Wildman–Crippen LogP) is 11.5. The monoisotopic (exact) mass is 802 g/mol. The average molecular weight is 802 g/mol. The predicted molar refractivity (Wildman–Crippen MR) is 236 cm³/mol. The van der Waals surface area contributed by atoms with Crippen LogP contribution in [-0.4, -0.2) is 75.5 Å². The summed E-state index contributed by atoms with van der Waals surface area (Å²) >= 11 is 0. The molecule has 2 atom stereocenters. The van der Waals surface area contributed by atoms with Gasteiger partial charge >= 0.3 is 11.9 Å². The standard InChI is InChI=1S/C49H87NO7/c1-6-8-10-12-14-16-18-20-21-22-23-24-25-26-28-30-32-34-36-38-40-48(52)57-45(43-55-42-41-46(49(53)54)50(3,4)5)44-56-47(51)39-37-35-33-31-29-27-19-17-15-13-11-9-7-2/h16,18,20-21,27,29,33,35,45-46H,6-15,17,19,22-26,28,30-32,34,36-44H2,1-5H3/b18-16+,21-20+,29-27+,35-33+. The zero-order valence-electron chi connectivity index (χ0n) is 37.5. The smallest absolute Gasteiger partial charge is 0.306 e. The number of aliphatic carboxylic acids is 1. The lowest BCUT2D eigenvalue weighted by Crippen LogP contribution is -2.55. The Labute approximate surface area is 350 Å². The minimum absolute atomic E-state index is 0.0220. The Kier molecular flexibility index (Phi) is 38.2. The van der Waals surface area contributed by atoms with Crippen molar-refractivity contribution in [1.82, 2.24) is 0 Å². The molecule has 0 N–H and O–H groups in total. The Bertz CT molecular complexity index is 1070. The largest absolute Gasteiger partial charge is 0.544 e. The van der Waals surface area contributed by atoms with Crippen LogP contribution in [0.4, 0.5) is 0 Å². The van der Waals surface area contributed by atoms with Gasteiger partial charge in [0.05, 0.1) is 40.3 Å². The Balaban J connectivity index is 4.35. The van der Waals surface area contributed by atoms with E-state index in [1.807, 2.05) is 6.08 Å².